The summed E-state index contributed by atoms with van der Waals surface area (Å²) in [6.07, 6.45) is 0. The molecule has 0 bridgehead atoms. The average molecular weight is 283 g/mol. The van der Waals surface area contributed by atoms with E-state index in [9.17, 15) is 0 Å². The van der Waals surface area contributed by atoms with Gasteiger partial charge in [0, 0.05) is 38.8 Å². The highest BCUT2D eigenvalue weighted by atomic mass is 15.3. The smallest absolute Gasteiger partial charge is 0.0477 e. The topological polar surface area (TPSA) is 32.5 Å². The van der Waals surface area contributed by atoms with E-state index in [1.807, 2.05) is 0 Å². The predicted octanol–water partition coefficient (Wildman–Crippen LogP) is 2.48. The van der Waals surface area contributed by atoms with Crippen LogP contribution in [0.5, 0.6) is 0 Å². The molecule has 0 spiro atoms. The van der Waals surface area contributed by atoms with E-state index in [1.165, 1.54) is 16.3 Å². The molecule has 2 aromatic rings. The molecule has 0 aliphatic carbocycles. The Labute approximate surface area is 127 Å². The third-order valence-electron chi connectivity index (χ3n) is 4.70. The molecule has 2 N–H and O–H groups in total. The first-order valence-corrected chi connectivity index (χ1v) is 7.97. The average Bonchev–Trinajstić information content (AvgIpc) is 2.56. The lowest BCUT2D eigenvalue weighted by Gasteiger charge is -2.39. The highest BCUT2D eigenvalue weighted by Gasteiger charge is 2.24. The van der Waals surface area contributed by atoms with Crippen molar-refractivity contribution in [2.24, 2.45) is 5.73 Å². The Morgan fingerprint density at radius 2 is 1.71 bits per heavy atom. The summed E-state index contributed by atoms with van der Waals surface area (Å²) in [5, 5.41) is 2.65. The molecule has 1 atom stereocenters. The van der Waals surface area contributed by atoms with Crippen LogP contribution in [0.25, 0.3) is 10.8 Å². The minimum atomic E-state index is 0.329. The van der Waals surface area contributed by atoms with Gasteiger partial charge in [-0.1, -0.05) is 49.4 Å². The van der Waals surface area contributed by atoms with E-state index in [1.54, 1.807) is 0 Å². The molecule has 21 heavy (non-hydrogen) atoms. The van der Waals surface area contributed by atoms with Gasteiger partial charge in [0.15, 0.2) is 0 Å². The monoisotopic (exact) mass is 283 g/mol. The van der Waals surface area contributed by atoms with Crippen LogP contribution in [0.3, 0.4) is 0 Å². The third-order valence-corrected chi connectivity index (χ3v) is 4.70. The Balaban J connectivity index is 1.88. The summed E-state index contributed by atoms with van der Waals surface area (Å²) in [6.45, 7) is 8.59. The lowest BCUT2D eigenvalue weighted by Crippen LogP contribution is -2.48. The number of hydrogen-bond acceptors (Lipinski definition) is 3. The molecule has 3 heteroatoms. The second-order valence-electron chi connectivity index (χ2n) is 5.79. The molecule has 1 aliphatic heterocycles. The summed E-state index contributed by atoms with van der Waals surface area (Å²) in [7, 11) is 0. The van der Waals surface area contributed by atoms with Crippen molar-refractivity contribution >= 4 is 10.8 Å². The fourth-order valence-corrected chi connectivity index (χ4v) is 3.41. The standard InChI is InChI=1S/C18H25N3/c1-2-20-10-12-21(13-11-20)18(14-19)17-9-5-7-15-6-3-4-8-16(15)17/h3-9,18H,2,10-14,19H2,1H3. The molecule has 0 amide bonds. The van der Waals surface area contributed by atoms with Gasteiger partial charge in [0.1, 0.15) is 0 Å². The largest absolute Gasteiger partial charge is 0.329 e. The van der Waals surface area contributed by atoms with Gasteiger partial charge in [0.05, 0.1) is 0 Å². The number of rotatable bonds is 4. The van der Waals surface area contributed by atoms with E-state index in [-0.39, 0.29) is 0 Å². The number of benzene rings is 2. The maximum atomic E-state index is 6.14. The molecule has 0 aromatic heterocycles. The third kappa shape index (κ3) is 2.95. The van der Waals surface area contributed by atoms with Crippen LogP contribution in [0.2, 0.25) is 0 Å². The number of nitrogens with zero attached hydrogens (tertiary/aromatic N) is 2. The molecule has 2 aromatic carbocycles. The Bertz CT molecular complexity index is 583. The number of fused-ring (bicyclic) bond motifs is 1. The van der Waals surface area contributed by atoms with Crippen LogP contribution in [0, 0.1) is 0 Å². The van der Waals surface area contributed by atoms with Crippen molar-refractivity contribution < 1.29 is 0 Å². The maximum Gasteiger partial charge on any atom is 0.0477 e. The van der Waals surface area contributed by atoms with Crippen LogP contribution in [-0.2, 0) is 0 Å². The van der Waals surface area contributed by atoms with Gasteiger partial charge in [-0.15, -0.1) is 0 Å². The molecule has 0 saturated carbocycles. The van der Waals surface area contributed by atoms with Gasteiger partial charge in [-0.2, -0.15) is 0 Å². The quantitative estimate of drug-likeness (QED) is 0.935. The minimum absolute atomic E-state index is 0.329. The Kier molecular flexibility index (Phi) is 4.54. The molecule has 1 unspecified atom stereocenters. The van der Waals surface area contributed by atoms with Gasteiger partial charge in [-0.25, -0.2) is 0 Å². The molecule has 112 valence electrons. The first-order valence-electron chi connectivity index (χ1n) is 7.97. The number of likely N-dealkylation sites (N-methyl/N-ethyl adjacent to an activating group) is 1. The zero-order chi connectivity index (χ0) is 14.7. The lowest BCUT2D eigenvalue weighted by atomic mass is 9.97. The predicted molar refractivity (Wildman–Crippen MR) is 89.4 cm³/mol. The van der Waals surface area contributed by atoms with E-state index in [0.29, 0.717) is 12.6 Å². The molecule has 1 heterocycles. The second-order valence-corrected chi connectivity index (χ2v) is 5.79. The van der Waals surface area contributed by atoms with Crippen molar-refractivity contribution in [3.63, 3.8) is 0 Å². The van der Waals surface area contributed by atoms with Crippen molar-refractivity contribution in [3.05, 3.63) is 48.0 Å². The normalized spacial score (nSPS) is 19.0. The molecule has 1 fully saturated rings. The second kappa shape index (κ2) is 6.56. The van der Waals surface area contributed by atoms with E-state index < -0.39 is 0 Å². The first kappa shape index (κ1) is 14.5. The fourth-order valence-electron chi connectivity index (χ4n) is 3.41. The van der Waals surface area contributed by atoms with Crippen molar-refractivity contribution in [1.29, 1.82) is 0 Å². The van der Waals surface area contributed by atoms with Gasteiger partial charge >= 0.3 is 0 Å². The minimum Gasteiger partial charge on any atom is -0.329 e. The summed E-state index contributed by atoms with van der Waals surface area (Å²) < 4.78 is 0. The molecule has 3 rings (SSSR count). The van der Waals surface area contributed by atoms with Gasteiger partial charge in [0.25, 0.3) is 0 Å². The van der Waals surface area contributed by atoms with Crippen LogP contribution in [0.15, 0.2) is 42.5 Å². The molecule has 0 radical (unpaired) electrons. The van der Waals surface area contributed by atoms with Gasteiger partial charge < -0.3 is 10.6 Å². The van der Waals surface area contributed by atoms with Crippen LogP contribution >= 0.6 is 0 Å². The summed E-state index contributed by atoms with van der Waals surface area (Å²) in [6, 6.07) is 15.5. The number of piperazine rings is 1. The first-order chi connectivity index (χ1) is 10.3. The van der Waals surface area contributed by atoms with Crippen molar-refractivity contribution in [2.75, 3.05) is 39.3 Å². The summed E-state index contributed by atoms with van der Waals surface area (Å²) in [5.41, 5.74) is 7.51. The zero-order valence-corrected chi connectivity index (χ0v) is 12.8. The fraction of sp³-hybridized carbons (Fsp3) is 0.444. The van der Waals surface area contributed by atoms with Crippen molar-refractivity contribution in [3.8, 4) is 0 Å². The Morgan fingerprint density at radius 3 is 2.43 bits per heavy atom. The Hall–Kier alpha value is -1.42. The van der Waals surface area contributed by atoms with Gasteiger partial charge in [-0.3, -0.25) is 4.90 Å². The van der Waals surface area contributed by atoms with Gasteiger partial charge in [-0.05, 0) is 22.9 Å². The molecule has 1 aliphatic rings. The van der Waals surface area contributed by atoms with E-state index in [2.05, 4.69) is 59.2 Å². The van der Waals surface area contributed by atoms with Crippen LogP contribution in [0.1, 0.15) is 18.5 Å². The van der Waals surface area contributed by atoms with Crippen molar-refractivity contribution in [1.82, 2.24) is 9.80 Å². The summed E-state index contributed by atoms with van der Waals surface area (Å²) in [4.78, 5) is 5.06. The molecular weight excluding hydrogens is 258 g/mol. The molecular formula is C18H25N3. The number of hydrogen-bond donors (Lipinski definition) is 1. The Morgan fingerprint density at radius 1 is 1.00 bits per heavy atom. The lowest BCUT2D eigenvalue weighted by molar-refractivity contribution is 0.102. The SMILES string of the molecule is CCN1CCN(C(CN)c2cccc3ccccc23)CC1. The highest BCUT2D eigenvalue weighted by molar-refractivity contribution is 5.86. The molecule has 3 nitrogen and oxygen atoms in total. The van der Waals surface area contributed by atoms with Crippen LogP contribution in [-0.4, -0.2) is 49.1 Å². The number of nitrogens with two attached hydrogens (primary N) is 1. The maximum absolute atomic E-state index is 6.14. The summed E-state index contributed by atoms with van der Waals surface area (Å²) in [5.74, 6) is 0. The van der Waals surface area contributed by atoms with Gasteiger partial charge in [0.2, 0.25) is 0 Å². The molecule has 1 saturated heterocycles. The van der Waals surface area contributed by atoms with E-state index in [4.69, 9.17) is 5.73 Å². The van der Waals surface area contributed by atoms with E-state index >= 15 is 0 Å². The highest BCUT2D eigenvalue weighted by Crippen LogP contribution is 2.28. The van der Waals surface area contributed by atoms with Crippen LogP contribution < -0.4 is 5.73 Å². The van der Waals surface area contributed by atoms with Crippen LogP contribution in [0.4, 0.5) is 0 Å². The summed E-state index contributed by atoms with van der Waals surface area (Å²) >= 11 is 0. The van der Waals surface area contributed by atoms with E-state index in [0.717, 1.165) is 32.7 Å². The zero-order valence-electron chi connectivity index (χ0n) is 12.8. The van der Waals surface area contributed by atoms with Crippen molar-refractivity contribution in [2.45, 2.75) is 13.0 Å².